The molecule has 0 bridgehead atoms. The molecule has 5 heteroatoms. The molecule has 1 atom stereocenters. The van der Waals surface area contributed by atoms with Crippen LogP contribution < -0.4 is 0 Å². The van der Waals surface area contributed by atoms with Gasteiger partial charge in [-0.15, -0.1) is 0 Å². The third-order valence-corrected chi connectivity index (χ3v) is 3.74. The lowest BCUT2D eigenvalue weighted by Gasteiger charge is -2.27. The molecule has 1 heterocycles. The molecular weight excluding hydrogens is 300 g/mol. The van der Waals surface area contributed by atoms with Crippen LogP contribution in [0.5, 0.6) is 0 Å². The van der Waals surface area contributed by atoms with E-state index in [0.29, 0.717) is 6.54 Å². The molecule has 0 aromatic heterocycles. The number of hydrogen-bond acceptors (Lipinski definition) is 4. The molecule has 1 aliphatic rings. The molecule has 1 aromatic carbocycles. The molecule has 1 N–H and O–H groups in total. The van der Waals surface area contributed by atoms with Crippen LogP contribution in [0.4, 0.5) is 0 Å². The van der Waals surface area contributed by atoms with Crippen molar-refractivity contribution >= 4 is 22.8 Å². The van der Waals surface area contributed by atoms with Gasteiger partial charge in [0.2, 0.25) is 0 Å². The lowest BCUT2D eigenvalue weighted by atomic mass is 10.1. The van der Waals surface area contributed by atoms with Crippen LogP contribution in [0.1, 0.15) is 24.8 Å². The van der Waals surface area contributed by atoms with E-state index in [-0.39, 0.29) is 11.8 Å². The number of hydrogen-bond donors (Lipinski definition) is 1. The van der Waals surface area contributed by atoms with Gasteiger partial charge >= 0.3 is 0 Å². The fraction of sp³-hybridized carbons (Fsp3) is 0.471. The van der Waals surface area contributed by atoms with Gasteiger partial charge in [-0.3, -0.25) is 0 Å². The van der Waals surface area contributed by atoms with Crippen LogP contribution in [0.25, 0.3) is 6.08 Å². The molecule has 2 rings (SSSR count). The lowest BCUT2D eigenvalue weighted by molar-refractivity contribution is 0.0162. The number of rotatable bonds is 7. The zero-order valence-corrected chi connectivity index (χ0v) is 13.5. The van der Waals surface area contributed by atoms with E-state index in [2.05, 4.69) is 10.1 Å². The second-order valence-electron chi connectivity index (χ2n) is 5.47. The fourth-order valence-corrected chi connectivity index (χ4v) is 2.55. The van der Waals surface area contributed by atoms with Gasteiger partial charge < -0.3 is 14.8 Å². The van der Waals surface area contributed by atoms with Crippen molar-refractivity contribution in [2.75, 3.05) is 26.2 Å². The van der Waals surface area contributed by atoms with Gasteiger partial charge in [0.05, 0.1) is 0 Å². The standard InChI is InChI=1S/C17H23ClN2O2/c18-17(10-9-15-7-3-1-4-8-15)19-22-14-16(21)13-20-11-5-2-6-12-20/h1,3-4,7-10,16,21H,2,5-6,11-14H2/b10-9+,19-17-. The first-order chi connectivity index (χ1) is 10.7. The molecule has 0 radical (unpaired) electrons. The number of piperidine rings is 1. The number of allylic oxidation sites excluding steroid dienone is 1. The molecular formula is C17H23ClN2O2. The molecule has 0 spiro atoms. The van der Waals surface area contributed by atoms with Crippen LogP contribution in [0.15, 0.2) is 41.6 Å². The highest BCUT2D eigenvalue weighted by atomic mass is 35.5. The van der Waals surface area contributed by atoms with E-state index >= 15 is 0 Å². The molecule has 1 unspecified atom stereocenters. The van der Waals surface area contributed by atoms with E-state index in [4.69, 9.17) is 16.4 Å². The number of oxime groups is 1. The summed E-state index contributed by atoms with van der Waals surface area (Å²) < 4.78 is 0. The minimum Gasteiger partial charge on any atom is -0.392 e. The number of aliphatic hydroxyl groups excluding tert-OH is 1. The van der Waals surface area contributed by atoms with Crippen molar-refractivity contribution < 1.29 is 9.94 Å². The molecule has 0 aliphatic carbocycles. The number of β-amino-alcohol motifs (C(OH)–C–C–N with tert-alkyl or cyclic N) is 1. The van der Waals surface area contributed by atoms with Crippen LogP contribution in [-0.2, 0) is 4.84 Å². The number of benzene rings is 1. The summed E-state index contributed by atoms with van der Waals surface area (Å²) in [5.74, 6) is 0. The molecule has 1 aliphatic heterocycles. The predicted octanol–water partition coefficient (Wildman–Crippen LogP) is 3.12. The normalized spacial score (nSPS) is 18.5. The Bertz CT molecular complexity index is 485. The van der Waals surface area contributed by atoms with Crippen LogP contribution in [0.3, 0.4) is 0 Å². The van der Waals surface area contributed by atoms with Crippen molar-refractivity contribution in [3.05, 3.63) is 42.0 Å². The molecule has 120 valence electrons. The summed E-state index contributed by atoms with van der Waals surface area (Å²) in [5, 5.41) is 14.0. The van der Waals surface area contributed by atoms with Crippen LogP contribution in [0.2, 0.25) is 0 Å². The van der Waals surface area contributed by atoms with E-state index in [1.165, 1.54) is 19.3 Å². The topological polar surface area (TPSA) is 45.1 Å². The van der Waals surface area contributed by atoms with Crippen molar-refractivity contribution in [3.63, 3.8) is 0 Å². The van der Waals surface area contributed by atoms with E-state index in [1.807, 2.05) is 36.4 Å². The zero-order valence-electron chi connectivity index (χ0n) is 12.7. The number of likely N-dealkylation sites (tertiary alicyclic amines) is 1. The van der Waals surface area contributed by atoms with E-state index in [9.17, 15) is 5.11 Å². The van der Waals surface area contributed by atoms with E-state index < -0.39 is 6.10 Å². The van der Waals surface area contributed by atoms with Gasteiger partial charge in [0.15, 0.2) is 5.17 Å². The summed E-state index contributed by atoms with van der Waals surface area (Å²) in [5.41, 5.74) is 1.04. The van der Waals surface area contributed by atoms with Crippen molar-refractivity contribution in [1.29, 1.82) is 0 Å². The Kier molecular flexibility index (Phi) is 7.43. The second kappa shape index (κ2) is 9.62. The summed E-state index contributed by atoms with van der Waals surface area (Å²) >= 11 is 5.95. The number of nitrogens with zero attached hydrogens (tertiary/aromatic N) is 2. The van der Waals surface area contributed by atoms with Crippen molar-refractivity contribution in [1.82, 2.24) is 4.90 Å². The predicted molar refractivity (Wildman–Crippen MR) is 91.0 cm³/mol. The van der Waals surface area contributed by atoms with Gasteiger partial charge in [0.25, 0.3) is 0 Å². The van der Waals surface area contributed by atoms with E-state index in [1.54, 1.807) is 6.08 Å². The maximum absolute atomic E-state index is 9.93. The fourth-order valence-electron chi connectivity index (χ4n) is 2.44. The maximum Gasteiger partial charge on any atom is 0.168 e. The van der Waals surface area contributed by atoms with Gasteiger partial charge in [-0.05, 0) is 37.6 Å². The Hall–Kier alpha value is -1.36. The van der Waals surface area contributed by atoms with Crippen LogP contribution in [-0.4, -0.2) is 47.5 Å². The molecule has 1 fully saturated rings. The summed E-state index contributed by atoms with van der Waals surface area (Å²) in [6, 6.07) is 9.82. The molecule has 0 saturated carbocycles. The quantitative estimate of drug-likeness (QED) is 0.619. The van der Waals surface area contributed by atoms with Gasteiger partial charge in [-0.2, -0.15) is 0 Å². The lowest BCUT2D eigenvalue weighted by Crippen LogP contribution is -2.37. The molecule has 0 amide bonds. The Labute approximate surface area is 137 Å². The maximum atomic E-state index is 9.93. The minimum absolute atomic E-state index is 0.159. The summed E-state index contributed by atoms with van der Waals surface area (Å²) in [6.07, 6.45) is 6.71. The summed E-state index contributed by atoms with van der Waals surface area (Å²) in [4.78, 5) is 7.38. The largest absolute Gasteiger partial charge is 0.392 e. The van der Waals surface area contributed by atoms with E-state index in [0.717, 1.165) is 18.7 Å². The Morgan fingerprint density at radius 1 is 1.27 bits per heavy atom. The van der Waals surface area contributed by atoms with Crippen molar-refractivity contribution in [3.8, 4) is 0 Å². The Morgan fingerprint density at radius 3 is 2.73 bits per heavy atom. The molecule has 1 aromatic rings. The first-order valence-electron chi connectivity index (χ1n) is 7.73. The molecule has 1 saturated heterocycles. The van der Waals surface area contributed by atoms with Crippen LogP contribution in [0, 0.1) is 0 Å². The number of aliphatic hydroxyl groups is 1. The zero-order chi connectivity index (χ0) is 15.6. The summed E-state index contributed by atoms with van der Waals surface area (Å²) in [6.45, 7) is 2.90. The van der Waals surface area contributed by atoms with Crippen LogP contribution >= 0.6 is 11.6 Å². The monoisotopic (exact) mass is 322 g/mol. The Morgan fingerprint density at radius 2 is 2.00 bits per heavy atom. The SMILES string of the molecule is OC(CO/N=C(Cl)/C=C/c1ccccc1)CN1CCCCC1. The highest BCUT2D eigenvalue weighted by molar-refractivity contribution is 6.68. The highest BCUT2D eigenvalue weighted by Crippen LogP contribution is 2.09. The second-order valence-corrected chi connectivity index (χ2v) is 5.86. The van der Waals surface area contributed by atoms with Crippen molar-refractivity contribution in [2.24, 2.45) is 5.16 Å². The van der Waals surface area contributed by atoms with Gasteiger partial charge in [0, 0.05) is 6.54 Å². The average molecular weight is 323 g/mol. The minimum atomic E-state index is -0.538. The number of halogens is 1. The summed E-state index contributed by atoms with van der Waals surface area (Å²) in [7, 11) is 0. The third kappa shape index (κ3) is 6.60. The smallest absolute Gasteiger partial charge is 0.168 e. The average Bonchev–Trinajstić information content (AvgIpc) is 2.55. The van der Waals surface area contributed by atoms with Gasteiger partial charge in [-0.25, -0.2) is 0 Å². The van der Waals surface area contributed by atoms with Crippen molar-refractivity contribution in [2.45, 2.75) is 25.4 Å². The van der Waals surface area contributed by atoms with Gasteiger partial charge in [-0.1, -0.05) is 59.6 Å². The molecule has 4 nitrogen and oxygen atoms in total. The highest BCUT2D eigenvalue weighted by Gasteiger charge is 2.14. The van der Waals surface area contributed by atoms with Gasteiger partial charge in [0.1, 0.15) is 12.7 Å². The Balaban J connectivity index is 1.68. The first kappa shape index (κ1) is 17.0. The third-order valence-electron chi connectivity index (χ3n) is 3.55. The molecule has 22 heavy (non-hydrogen) atoms. The first-order valence-corrected chi connectivity index (χ1v) is 8.11.